The fourth-order valence-electron chi connectivity index (χ4n) is 5.54. The van der Waals surface area contributed by atoms with E-state index in [9.17, 15) is 4.39 Å². The van der Waals surface area contributed by atoms with Crippen LogP contribution < -0.4 is 15.5 Å². The largest absolute Gasteiger partial charge is 0.388 e. The van der Waals surface area contributed by atoms with Crippen molar-refractivity contribution in [1.29, 1.82) is 0 Å². The van der Waals surface area contributed by atoms with E-state index in [0.29, 0.717) is 28.2 Å². The summed E-state index contributed by atoms with van der Waals surface area (Å²) >= 11 is 8.34. The summed E-state index contributed by atoms with van der Waals surface area (Å²) in [5.74, 6) is 0.692. The highest BCUT2D eigenvalue weighted by molar-refractivity contribution is 7.99. The third-order valence-corrected chi connectivity index (χ3v) is 9.25. The molecule has 3 aromatic rings. The molecule has 5 rings (SSSR count). The molecule has 0 amide bonds. The smallest absolute Gasteiger partial charge is 0.147 e. The topological polar surface area (TPSA) is 53.1 Å². The highest BCUT2D eigenvalue weighted by Gasteiger charge is 2.37. The van der Waals surface area contributed by atoms with Crippen LogP contribution >= 0.6 is 23.4 Å². The third-order valence-electron chi connectivity index (χ3n) is 7.77. The number of piperidine rings is 1. The molecule has 194 valence electrons. The fraction of sp³-hybridized carbons (Fsp3) is 0.379. The number of benzene rings is 2. The van der Waals surface area contributed by atoms with Crippen LogP contribution in [0.3, 0.4) is 0 Å². The molecular weight excluding hydrogens is 505 g/mol. The molecule has 0 unspecified atom stereocenters. The minimum atomic E-state index is -0.253. The molecule has 0 radical (unpaired) electrons. The summed E-state index contributed by atoms with van der Waals surface area (Å²) in [6, 6.07) is 10.6. The van der Waals surface area contributed by atoms with E-state index in [0.717, 1.165) is 40.1 Å². The number of halogens is 2. The van der Waals surface area contributed by atoms with Crippen LogP contribution in [0.4, 0.5) is 15.9 Å². The molecule has 2 heterocycles. The molecular formula is C29H33ClFN5S. The average Bonchev–Trinajstić information content (AvgIpc) is 3.37. The zero-order valence-electron chi connectivity index (χ0n) is 21.2. The van der Waals surface area contributed by atoms with Gasteiger partial charge in [-0.25, -0.2) is 14.4 Å². The monoisotopic (exact) mass is 537 g/mol. The molecule has 2 N–H and O–H groups in total. The maximum absolute atomic E-state index is 14.1. The molecule has 5 nitrogen and oxygen atoms in total. The molecule has 37 heavy (non-hydrogen) atoms. The van der Waals surface area contributed by atoms with Gasteiger partial charge in [-0.05, 0) is 49.3 Å². The molecule has 1 saturated heterocycles. The summed E-state index contributed by atoms with van der Waals surface area (Å²) in [7, 11) is 1.84. The first-order chi connectivity index (χ1) is 18.0. The van der Waals surface area contributed by atoms with E-state index in [1.54, 1.807) is 12.1 Å². The summed E-state index contributed by atoms with van der Waals surface area (Å²) in [5, 5.41) is 7.74. The Morgan fingerprint density at radius 1 is 1.08 bits per heavy atom. The number of anilines is 2. The van der Waals surface area contributed by atoms with Gasteiger partial charge < -0.3 is 15.5 Å². The molecule has 2 aromatic carbocycles. The molecule has 1 saturated carbocycles. The van der Waals surface area contributed by atoms with Crippen molar-refractivity contribution in [3.05, 3.63) is 77.3 Å². The predicted molar refractivity (Wildman–Crippen MR) is 152 cm³/mol. The summed E-state index contributed by atoms with van der Waals surface area (Å²) in [5.41, 5.74) is 3.36. The zero-order chi connectivity index (χ0) is 25.8. The first-order valence-electron chi connectivity index (χ1n) is 12.9. The van der Waals surface area contributed by atoms with Crippen LogP contribution in [0.25, 0.3) is 5.70 Å². The van der Waals surface area contributed by atoms with Gasteiger partial charge in [0.2, 0.25) is 0 Å². The van der Waals surface area contributed by atoms with E-state index in [4.69, 9.17) is 16.6 Å². The van der Waals surface area contributed by atoms with Crippen LogP contribution in [-0.2, 0) is 6.54 Å². The number of rotatable bonds is 8. The van der Waals surface area contributed by atoms with Gasteiger partial charge >= 0.3 is 0 Å². The maximum Gasteiger partial charge on any atom is 0.147 e. The normalized spacial score (nSPS) is 16.7. The molecule has 8 heteroatoms. The van der Waals surface area contributed by atoms with Crippen molar-refractivity contribution in [2.45, 2.75) is 55.0 Å². The Labute approximate surface area is 227 Å². The minimum absolute atomic E-state index is 0.253. The SMILES string of the molecule is C=C(NCc1ccccc1F)c1c(NC)ccc(Sc2cnc(N3CCC4(CCCC4)CC3)cn2)c1Cl. The van der Waals surface area contributed by atoms with Crippen LogP contribution in [0, 0.1) is 11.2 Å². The number of nitrogens with one attached hydrogen (secondary N) is 2. The van der Waals surface area contributed by atoms with Crippen molar-refractivity contribution >= 4 is 40.6 Å². The van der Waals surface area contributed by atoms with Crippen LogP contribution in [-0.4, -0.2) is 30.1 Å². The van der Waals surface area contributed by atoms with Gasteiger partial charge in [0.15, 0.2) is 0 Å². The van der Waals surface area contributed by atoms with Crippen LogP contribution in [0.5, 0.6) is 0 Å². The zero-order valence-corrected chi connectivity index (χ0v) is 22.8. The lowest BCUT2D eigenvalue weighted by Crippen LogP contribution is -2.39. The molecule has 2 aliphatic rings. The standard InChI is InChI=1S/C29H33ClFN5S/c1-20(33-17-21-7-3-4-8-22(21)31)27-23(32-2)9-10-24(28(27)30)37-26-19-34-25(18-35-26)36-15-13-29(14-16-36)11-5-6-12-29/h3-4,7-10,18-19,32-33H,1,5-6,11-17H2,2H3. The molecule has 1 aliphatic heterocycles. The van der Waals surface area contributed by atoms with Gasteiger partial charge in [-0.2, -0.15) is 0 Å². The molecule has 0 bridgehead atoms. The van der Waals surface area contributed by atoms with Gasteiger partial charge in [-0.3, -0.25) is 0 Å². The Hall–Kier alpha value is -2.77. The van der Waals surface area contributed by atoms with E-state index >= 15 is 0 Å². The van der Waals surface area contributed by atoms with Crippen molar-refractivity contribution < 1.29 is 4.39 Å². The Morgan fingerprint density at radius 3 is 2.51 bits per heavy atom. The van der Waals surface area contributed by atoms with E-state index < -0.39 is 0 Å². The summed E-state index contributed by atoms with van der Waals surface area (Å²) < 4.78 is 14.1. The Balaban J connectivity index is 1.26. The van der Waals surface area contributed by atoms with Crippen molar-refractivity contribution in [1.82, 2.24) is 15.3 Å². The first kappa shape index (κ1) is 25.9. The molecule has 1 aromatic heterocycles. The van der Waals surface area contributed by atoms with Crippen molar-refractivity contribution in [3.8, 4) is 0 Å². The van der Waals surface area contributed by atoms with Gasteiger partial charge in [0.25, 0.3) is 0 Å². The quantitative estimate of drug-likeness (QED) is 0.312. The predicted octanol–water partition coefficient (Wildman–Crippen LogP) is 7.38. The van der Waals surface area contributed by atoms with Gasteiger partial charge in [-0.1, -0.05) is 61.0 Å². The van der Waals surface area contributed by atoms with E-state index in [-0.39, 0.29) is 5.82 Å². The summed E-state index contributed by atoms with van der Waals surface area (Å²) in [4.78, 5) is 12.6. The lowest BCUT2D eigenvalue weighted by Gasteiger charge is -2.39. The van der Waals surface area contributed by atoms with Crippen LogP contribution in [0.2, 0.25) is 5.02 Å². The van der Waals surface area contributed by atoms with E-state index in [2.05, 4.69) is 27.1 Å². The second-order valence-corrected chi connectivity index (χ2v) is 11.4. The lowest BCUT2D eigenvalue weighted by atomic mass is 9.77. The first-order valence-corrected chi connectivity index (χ1v) is 14.1. The van der Waals surface area contributed by atoms with Gasteiger partial charge in [0.05, 0.1) is 17.4 Å². The van der Waals surface area contributed by atoms with Gasteiger partial charge in [0, 0.05) is 54.1 Å². The fourth-order valence-corrected chi connectivity index (χ4v) is 6.70. The number of hydrogen-bond acceptors (Lipinski definition) is 6. The highest BCUT2D eigenvalue weighted by Crippen LogP contribution is 2.46. The van der Waals surface area contributed by atoms with Crippen LogP contribution in [0.15, 0.2) is 65.3 Å². The second-order valence-electron chi connectivity index (χ2n) is 9.98. The van der Waals surface area contributed by atoms with E-state index in [1.807, 2.05) is 37.6 Å². The Bertz CT molecular complexity index is 1250. The number of hydrogen-bond donors (Lipinski definition) is 2. The number of nitrogens with zero attached hydrogens (tertiary/aromatic N) is 3. The molecule has 1 aliphatic carbocycles. The molecule has 2 fully saturated rings. The summed E-state index contributed by atoms with van der Waals surface area (Å²) in [6.07, 6.45) is 11.8. The maximum atomic E-state index is 14.1. The van der Waals surface area contributed by atoms with Crippen molar-refractivity contribution in [3.63, 3.8) is 0 Å². The van der Waals surface area contributed by atoms with E-state index in [1.165, 1.54) is 56.4 Å². The Morgan fingerprint density at radius 2 is 1.84 bits per heavy atom. The van der Waals surface area contributed by atoms with Crippen LogP contribution in [0.1, 0.15) is 49.7 Å². The summed E-state index contributed by atoms with van der Waals surface area (Å²) in [6.45, 7) is 6.61. The minimum Gasteiger partial charge on any atom is -0.388 e. The van der Waals surface area contributed by atoms with Gasteiger partial charge in [0.1, 0.15) is 16.7 Å². The number of aromatic nitrogens is 2. The molecule has 0 atom stereocenters. The highest BCUT2D eigenvalue weighted by atomic mass is 35.5. The van der Waals surface area contributed by atoms with Crippen molar-refractivity contribution in [2.75, 3.05) is 30.4 Å². The average molecular weight is 538 g/mol. The third kappa shape index (κ3) is 5.73. The van der Waals surface area contributed by atoms with Crippen molar-refractivity contribution in [2.24, 2.45) is 5.41 Å². The lowest BCUT2D eigenvalue weighted by molar-refractivity contribution is 0.226. The molecule has 1 spiro atoms. The second kappa shape index (κ2) is 11.3. The van der Waals surface area contributed by atoms with Gasteiger partial charge in [-0.15, -0.1) is 0 Å². The Kier molecular flexibility index (Phi) is 7.91.